The normalized spacial score (nSPS) is 17.3. The highest BCUT2D eigenvalue weighted by Crippen LogP contribution is 2.39. The van der Waals surface area contributed by atoms with Crippen molar-refractivity contribution in [1.29, 1.82) is 0 Å². The number of likely N-dealkylation sites (tertiary alicyclic amines) is 1. The van der Waals surface area contributed by atoms with Gasteiger partial charge in [-0.15, -0.1) is 0 Å². The number of hydrogen-bond donors (Lipinski definition) is 1. The topological polar surface area (TPSA) is 75.7 Å². The van der Waals surface area contributed by atoms with Crippen LogP contribution >= 0.6 is 11.6 Å². The van der Waals surface area contributed by atoms with E-state index in [9.17, 15) is 14.4 Å². The zero-order chi connectivity index (χ0) is 21.3. The van der Waals surface area contributed by atoms with Crippen molar-refractivity contribution in [1.82, 2.24) is 10.2 Å². The Morgan fingerprint density at radius 2 is 1.83 bits per heavy atom. The molecule has 1 spiro atoms. The first-order valence-corrected chi connectivity index (χ1v) is 10.4. The standard InChI is InChI=1S/C23H23ClN2O4/c1-15-2-7-20-18(12-15)19(27)13-23(30-20)8-10-26(11-9-23)21(28)14-25-22(29)16-3-5-17(24)6-4-16/h2-7,12H,8-11,13-14H2,1H3,(H,25,29). The third kappa shape index (κ3) is 4.19. The van der Waals surface area contributed by atoms with E-state index in [1.165, 1.54) is 0 Å². The zero-order valence-corrected chi connectivity index (χ0v) is 17.5. The summed E-state index contributed by atoms with van der Waals surface area (Å²) in [7, 11) is 0. The van der Waals surface area contributed by atoms with Gasteiger partial charge >= 0.3 is 0 Å². The van der Waals surface area contributed by atoms with E-state index in [2.05, 4.69) is 5.32 Å². The number of nitrogens with zero attached hydrogens (tertiary/aromatic N) is 1. The predicted molar refractivity (Wildman–Crippen MR) is 113 cm³/mol. The van der Waals surface area contributed by atoms with Crippen LogP contribution in [0.2, 0.25) is 5.02 Å². The molecular formula is C23H23ClN2O4. The van der Waals surface area contributed by atoms with Gasteiger partial charge in [-0.25, -0.2) is 0 Å². The number of ether oxygens (including phenoxy) is 1. The second kappa shape index (κ2) is 8.11. The molecule has 2 aliphatic rings. The molecule has 7 heteroatoms. The number of ketones is 1. The van der Waals surface area contributed by atoms with E-state index >= 15 is 0 Å². The third-order valence-electron chi connectivity index (χ3n) is 5.78. The van der Waals surface area contributed by atoms with Crippen LogP contribution in [0.25, 0.3) is 0 Å². The van der Waals surface area contributed by atoms with E-state index in [1.54, 1.807) is 29.2 Å². The quantitative estimate of drug-likeness (QED) is 0.816. The van der Waals surface area contributed by atoms with Crippen molar-refractivity contribution in [2.24, 2.45) is 0 Å². The van der Waals surface area contributed by atoms with E-state index in [0.717, 1.165) is 5.56 Å². The maximum Gasteiger partial charge on any atom is 0.251 e. The highest BCUT2D eigenvalue weighted by atomic mass is 35.5. The van der Waals surface area contributed by atoms with Crippen LogP contribution in [0.1, 0.15) is 45.5 Å². The summed E-state index contributed by atoms with van der Waals surface area (Å²) in [5, 5.41) is 3.20. The molecule has 2 heterocycles. The van der Waals surface area contributed by atoms with Crippen molar-refractivity contribution < 1.29 is 19.1 Å². The molecule has 0 atom stereocenters. The van der Waals surface area contributed by atoms with Crippen LogP contribution in [0.5, 0.6) is 5.75 Å². The summed E-state index contributed by atoms with van der Waals surface area (Å²) in [5.74, 6) is 0.258. The minimum absolute atomic E-state index is 0.0731. The Kier molecular flexibility index (Phi) is 5.52. The molecule has 1 saturated heterocycles. The zero-order valence-electron chi connectivity index (χ0n) is 16.7. The van der Waals surface area contributed by atoms with E-state index in [-0.39, 0.29) is 24.1 Å². The Balaban J connectivity index is 1.32. The molecule has 0 aromatic heterocycles. The molecule has 4 rings (SSSR count). The first-order valence-electron chi connectivity index (χ1n) is 10.00. The molecule has 2 aromatic carbocycles. The molecule has 0 unspecified atom stereocenters. The van der Waals surface area contributed by atoms with Gasteiger partial charge in [0.1, 0.15) is 11.4 Å². The Hall–Kier alpha value is -2.86. The summed E-state index contributed by atoms with van der Waals surface area (Å²) >= 11 is 5.83. The summed E-state index contributed by atoms with van der Waals surface area (Å²) in [6.07, 6.45) is 1.50. The van der Waals surface area contributed by atoms with E-state index in [0.29, 0.717) is 54.3 Å². The van der Waals surface area contributed by atoms with Crippen molar-refractivity contribution >= 4 is 29.2 Å². The minimum Gasteiger partial charge on any atom is -0.486 e. The molecule has 2 amide bonds. The monoisotopic (exact) mass is 426 g/mol. The molecular weight excluding hydrogens is 404 g/mol. The average molecular weight is 427 g/mol. The number of fused-ring (bicyclic) bond motifs is 1. The van der Waals surface area contributed by atoms with Gasteiger partial charge in [0.05, 0.1) is 18.5 Å². The number of carbonyl (C=O) groups is 3. The minimum atomic E-state index is -0.553. The molecule has 0 radical (unpaired) electrons. The Labute approximate surface area is 180 Å². The summed E-state index contributed by atoms with van der Waals surface area (Å²) in [4.78, 5) is 39.1. The maximum absolute atomic E-state index is 12.6. The van der Waals surface area contributed by atoms with E-state index < -0.39 is 5.60 Å². The molecule has 1 fully saturated rings. The van der Waals surface area contributed by atoms with Crippen LogP contribution < -0.4 is 10.1 Å². The summed E-state index contributed by atoms with van der Waals surface area (Å²) in [6.45, 7) is 2.86. The lowest BCUT2D eigenvalue weighted by Gasteiger charge is -2.44. The number of Topliss-reactive ketones (excluding diaryl/α,β-unsaturated/α-hetero) is 1. The lowest BCUT2D eigenvalue weighted by atomic mass is 9.82. The second-order valence-electron chi connectivity index (χ2n) is 7.95. The van der Waals surface area contributed by atoms with Gasteiger partial charge in [0.25, 0.3) is 5.91 Å². The molecule has 0 aliphatic carbocycles. The molecule has 0 bridgehead atoms. The fourth-order valence-corrected chi connectivity index (χ4v) is 4.15. The lowest BCUT2D eigenvalue weighted by Crippen LogP contribution is -2.53. The van der Waals surface area contributed by atoms with E-state index in [1.807, 2.05) is 25.1 Å². The number of piperidine rings is 1. The third-order valence-corrected chi connectivity index (χ3v) is 6.03. The second-order valence-corrected chi connectivity index (χ2v) is 8.39. The van der Waals surface area contributed by atoms with Gasteiger partial charge in [-0.05, 0) is 43.3 Å². The first-order chi connectivity index (χ1) is 14.3. The molecule has 1 N–H and O–H groups in total. The lowest BCUT2D eigenvalue weighted by molar-refractivity contribution is -0.133. The maximum atomic E-state index is 12.6. The number of rotatable bonds is 3. The number of carbonyl (C=O) groups excluding carboxylic acids is 3. The highest BCUT2D eigenvalue weighted by molar-refractivity contribution is 6.30. The summed E-state index contributed by atoms with van der Waals surface area (Å²) in [6, 6.07) is 12.2. The molecule has 156 valence electrons. The molecule has 2 aliphatic heterocycles. The molecule has 0 saturated carbocycles. The van der Waals surface area contributed by atoms with Crippen LogP contribution in [-0.4, -0.2) is 47.7 Å². The molecule has 6 nitrogen and oxygen atoms in total. The number of nitrogens with one attached hydrogen (secondary N) is 1. The molecule has 2 aromatic rings. The summed E-state index contributed by atoms with van der Waals surface area (Å²) < 4.78 is 6.24. The van der Waals surface area contributed by atoms with Crippen LogP contribution in [0.15, 0.2) is 42.5 Å². The average Bonchev–Trinajstić information content (AvgIpc) is 2.73. The van der Waals surface area contributed by atoms with Crippen LogP contribution in [-0.2, 0) is 4.79 Å². The number of aryl methyl sites for hydroxylation is 1. The van der Waals surface area contributed by atoms with Gasteiger partial charge in [0, 0.05) is 36.5 Å². The highest BCUT2D eigenvalue weighted by Gasteiger charge is 2.43. The Morgan fingerprint density at radius 1 is 1.13 bits per heavy atom. The van der Waals surface area contributed by atoms with Gasteiger partial charge in [-0.1, -0.05) is 23.2 Å². The predicted octanol–water partition coefficient (Wildman–Crippen LogP) is 3.40. The van der Waals surface area contributed by atoms with Crippen LogP contribution in [0.3, 0.4) is 0 Å². The Bertz CT molecular complexity index is 995. The number of hydrogen-bond acceptors (Lipinski definition) is 4. The van der Waals surface area contributed by atoms with Gasteiger partial charge in [-0.3, -0.25) is 14.4 Å². The van der Waals surface area contributed by atoms with Gasteiger partial charge in [-0.2, -0.15) is 0 Å². The van der Waals surface area contributed by atoms with E-state index in [4.69, 9.17) is 16.3 Å². The van der Waals surface area contributed by atoms with Crippen molar-refractivity contribution in [2.45, 2.75) is 31.8 Å². The van der Waals surface area contributed by atoms with Gasteiger partial charge in [0.2, 0.25) is 5.91 Å². The van der Waals surface area contributed by atoms with Crippen molar-refractivity contribution in [3.8, 4) is 5.75 Å². The SMILES string of the molecule is Cc1ccc2c(c1)C(=O)CC1(CCN(C(=O)CNC(=O)c3ccc(Cl)cc3)CC1)O2. The van der Waals surface area contributed by atoms with Gasteiger partial charge in [0.15, 0.2) is 5.78 Å². The smallest absolute Gasteiger partial charge is 0.251 e. The van der Waals surface area contributed by atoms with Crippen LogP contribution in [0, 0.1) is 6.92 Å². The first kappa shape index (κ1) is 20.4. The number of halogens is 1. The largest absolute Gasteiger partial charge is 0.486 e. The fraction of sp³-hybridized carbons (Fsp3) is 0.348. The van der Waals surface area contributed by atoms with Crippen LogP contribution in [0.4, 0.5) is 0 Å². The van der Waals surface area contributed by atoms with Crippen molar-refractivity contribution in [2.75, 3.05) is 19.6 Å². The molecule has 30 heavy (non-hydrogen) atoms. The summed E-state index contributed by atoms with van der Waals surface area (Å²) in [5.41, 5.74) is 1.57. The van der Waals surface area contributed by atoms with Crippen molar-refractivity contribution in [3.05, 3.63) is 64.2 Å². The number of benzene rings is 2. The number of amides is 2. The van der Waals surface area contributed by atoms with Gasteiger partial charge < -0.3 is 15.0 Å². The fourth-order valence-electron chi connectivity index (χ4n) is 4.02. The van der Waals surface area contributed by atoms with Crippen molar-refractivity contribution in [3.63, 3.8) is 0 Å². The Morgan fingerprint density at radius 3 is 2.53 bits per heavy atom.